The fourth-order valence-corrected chi connectivity index (χ4v) is 4.24. The van der Waals surface area contributed by atoms with Crippen molar-refractivity contribution in [2.24, 2.45) is 5.92 Å². The zero-order chi connectivity index (χ0) is 19.4. The molecular formula is C21H27N3O2S. The van der Waals surface area contributed by atoms with E-state index in [1.54, 1.807) is 11.3 Å². The summed E-state index contributed by atoms with van der Waals surface area (Å²) in [5.74, 6) is 0.385. The molecule has 1 aromatic carbocycles. The predicted molar refractivity (Wildman–Crippen MR) is 108 cm³/mol. The quantitative estimate of drug-likeness (QED) is 0.853. The maximum absolute atomic E-state index is 12.8. The summed E-state index contributed by atoms with van der Waals surface area (Å²) in [6.07, 6.45) is 2.03. The summed E-state index contributed by atoms with van der Waals surface area (Å²) in [7, 11) is 0. The van der Waals surface area contributed by atoms with Crippen molar-refractivity contribution in [3.63, 3.8) is 0 Å². The Hall–Kier alpha value is -2.21. The SMILES string of the molecule is Cc1cccc(C(=O)N2CCCC(c3nc(CNC(=O)C(C)C)cs3)C2)c1. The number of aromatic nitrogens is 1. The second-order valence-corrected chi connectivity index (χ2v) is 8.40. The summed E-state index contributed by atoms with van der Waals surface area (Å²) >= 11 is 1.63. The van der Waals surface area contributed by atoms with Crippen LogP contribution in [0.15, 0.2) is 29.6 Å². The summed E-state index contributed by atoms with van der Waals surface area (Å²) in [5, 5.41) is 5.98. The number of benzene rings is 1. The molecule has 1 saturated heterocycles. The van der Waals surface area contributed by atoms with Crippen molar-refractivity contribution in [2.75, 3.05) is 13.1 Å². The molecule has 1 atom stereocenters. The highest BCUT2D eigenvalue weighted by atomic mass is 32.1. The number of amides is 2. The Balaban J connectivity index is 1.63. The van der Waals surface area contributed by atoms with Crippen molar-refractivity contribution in [3.8, 4) is 0 Å². The summed E-state index contributed by atoms with van der Waals surface area (Å²) in [4.78, 5) is 31.2. The fraction of sp³-hybridized carbons (Fsp3) is 0.476. The minimum atomic E-state index is -0.0253. The lowest BCUT2D eigenvalue weighted by Crippen LogP contribution is -2.39. The topological polar surface area (TPSA) is 62.3 Å². The zero-order valence-corrected chi connectivity index (χ0v) is 17.0. The van der Waals surface area contributed by atoms with Gasteiger partial charge in [0.15, 0.2) is 0 Å². The van der Waals surface area contributed by atoms with Gasteiger partial charge in [0.05, 0.1) is 17.2 Å². The number of carbonyl (C=O) groups excluding carboxylic acids is 2. The molecule has 2 heterocycles. The highest BCUT2D eigenvalue weighted by Gasteiger charge is 2.27. The van der Waals surface area contributed by atoms with Gasteiger partial charge in [-0.2, -0.15) is 0 Å². The van der Waals surface area contributed by atoms with Gasteiger partial charge >= 0.3 is 0 Å². The monoisotopic (exact) mass is 385 g/mol. The summed E-state index contributed by atoms with van der Waals surface area (Å²) < 4.78 is 0. The molecule has 5 nitrogen and oxygen atoms in total. The van der Waals surface area contributed by atoms with Crippen molar-refractivity contribution in [1.29, 1.82) is 0 Å². The van der Waals surface area contributed by atoms with E-state index in [1.807, 2.05) is 55.3 Å². The molecule has 0 aliphatic carbocycles. The minimum absolute atomic E-state index is 0.0253. The van der Waals surface area contributed by atoms with Gasteiger partial charge in [0.2, 0.25) is 5.91 Å². The van der Waals surface area contributed by atoms with Gasteiger partial charge < -0.3 is 10.2 Å². The maximum Gasteiger partial charge on any atom is 0.253 e. The van der Waals surface area contributed by atoms with E-state index in [0.717, 1.165) is 41.2 Å². The van der Waals surface area contributed by atoms with Crippen LogP contribution in [0.3, 0.4) is 0 Å². The standard InChI is InChI=1S/C21H27N3O2S/c1-14(2)19(25)22-11-18-13-27-20(23-18)17-8-5-9-24(12-17)21(26)16-7-4-6-15(3)10-16/h4,6-7,10,13-14,17H,5,8-9,11-12H2,1-3H3,(H,22,25). The summed E-state index contributed by atoms with van der Waals surface area (Å²) in [6, 6.07) is 7.77. The van der Waals surface area contributed by atoms with Crippen LogP contribution < -0.4 is 5.32 Å². The molecule has 3 rings (SSSR count). The van der Waals surface area contributed by atoms with Crippen LogP contribution >= 0.6 is 11.3 Å². The number of hydrogen-bond acceptors (Lipinski definition) is 4. The summed E-state index contributed by atoms with van der Waals surface area (Å²) in [6.45, 7) is 7.73. The molecule has 1 fully saturated rings. The van der Waals surface area contributed by atoms with Gasteiger partial charge in [-0.15, -0.1) is 11.3 Å². The lowest BCUT2D eigenvalue weighted by molar-refractivity contribution is -0.124. The maximum atomic E-state index is 12.8. The van der Waals surface area contributed by atoms with Crippen LogP contribution in [0.25, 0.3) is 0 Å². The number of likely N-dealkylation sites (tertiary alicyclic amines) is 1. The molecule has 0 saturated carbocycles. The van der Waals surface area contributed by atoms with E-state index >= 15 is 0 Å². The van der Waals surface area contributed by atoms with Crippen molar-refractivity contribution >= 4 is 23.2 Å². The Morgan fingerprint density at radius 1 is 1.37 bits per heavy atom. The Bertz CT molecular complexity index is 815. The molecule has 1 aliphatic rings. The van der Waals surface area contributed by atoms with E-state index in [-0.39, 0.29) is 23.7 Å². The van der Waals surface area contributed by atoms with Crippen molar-refractivity contribution < 1.29 is 9.59 Å². The first-order chi connectivity index (χ1) is 12.9. The predicted octanol–water partition coefficient (Wildman–Crippen LogP) is 3.74. The van der Waals surface area contributed by atoms with Gasteiger partial charge in [0.1, 0.15) is 0 Å². The van der Waals surface area contributed by atoms with Crippen LogP contribution in [0.2, 0.25) is 0 Å². The molecule has 6 heteroatoms. The van der Waals surface area contributed by atoms with Gasteiger partial charge in [-0.25, -0.2) is 4.98 Å². The van der Waals surface area contributed by atoms with Crippen LogP contribution in [0, 0.1) is 12.8 Å². The highest BCUT2D eigenvalue weighted by Crippen LogP contribution is 2.30. The third-order valence-corrected chi connectivity index (χ3v) is 5.92. The van der Waals surface area contributed by atoms with Crippen molar-refractivity contribution in [3.05, 3.63) is 51.5 Å². The van der Waals surface area contributed by atoms with E-state index < -0.39 is 0 Å². The van der Waals surface area contributed by atoms with E-state index in [9.17, 15) is 9.59 Å². The van der Waals surface area contributed by atoms with E-state index in [2.05, 4.69) is 5.32 Å². The Morgan fingerprint density at radius 3 is 2.93 bits per heavy atom. The average Bonchev–Trinajstić information content (AvgIpc) is 3.14. The van der Waals surface area contributed by atoms with Gasteiger partial charge in [0, 0.05) is 35.9 Å². The Labute approximate surface area is 164 Å². The normalized spacial score (nSPS) is 17.2. The van der Waals surface area contributed by atoms with Gasteiger partial charge in [-0.1, -0.05) is 31.5 Å². The van der Waals surface area contributed by atoms with Crippen molar-refractivity contribution in [2.45, 2.75) is 46.1 Å². The number of hydrogen-bond donors (Lipinski definition) is 1. The second-order valence-electron chi connectivity index (χ2n) is 7.51. The van der Waals surface area contributed by atoms with Crippen molar-refractivity contribution in [1.82, 2.24) is 15.2 Å². The van der Waals surface area contributed by atoms with Crippen LogP contribution in [0.1, 0.15) is 59.2 Å². The van der Waals surface area contributed by atoms with Crippen LogP contribution in [0.5, 0.6) is 0 Å². The smallest absolute Gasteiger partial charge is 0.253 e. The first kappa shape index (κ1) is 19.5. The average molecular weight is 386 g/mol. The van der Waals surface area contributed by atoms with Crippen LogP contribution in [-0.2, 0) is 11.3 Å². The number of nitrogens with one attached hydrogen (secondary N) is 1. The van der Waals surface area contributed by atoms with Crippen LogP contribution in [0.4, 0.5) is 0 Å². The molecule has 0 bridgehead atoms. The number of carbonyl (C=O) groups is 2. The van der Waals surface area contributed by atoms with E-state index in [4.69, 9.17) is 4.98 Å². The van der Waals surface area contributed by atoms with Gasteiger partial charge in [0.25, 0.3) is 5.91 Å². The largest absolute Gasteiger partial charge is 0.350 e. The lowest BCUT2D eigenvalue weighted by atomic mass is 9.98. The summed E-state index contributed by atoms with van der Waals surface area (Å²) in [5.41, 5.74) is 2.75. The lowest BCUT2D eigenvalue weighted by Gasteiger charge is -2.32. The third kappa shape index (κ3) is 4.95. The number of rotatable bonds is 5. The molecule has 1 aromatic heterocycles. The van der Waals surface area contributed by atoms with Gasteiger partial charge in [-0.05, 0) is 31.9 Å². The fourth-order valence-electron chi connectivity index (χ4n) is 3.30. The first-order valence-corrected chi connectivity index (χ1v) is 10.4. The van der Waals surface area contributed by atoms with Gasteiger partial charge in [-0.3, -0.25) is 9.59 Å². The molecule has 27 heavy (non-hydrogen) atoms. The van der Waals surface area contributed by atoms with E-state index in [1.165, 1.54) is 0 Å². The molecule has 144 valence electrons. The van der Waals surface area contributed by atoms with E-state index in [0.29, 0.717) is 13.1 Å². The molecule has 1 N–H and O–H groups in total. The van der Waals surface area contributed by atoms with Crippen LogP contribution in [-0.4, -0.2) is 34.8 Å². The highest BCUT2D eigenvalue weighted by molar-refractivity contribution is 7.09. The molecule has 0 radical (unpaired) electrons. The number of piperidine rings is 1. The Morgan fingerprint density at radius 2 is 2.19 bits per heavy atom. The minimum Gasteiger partial charge on any atom is -0.350 e. The zero-order valence-electron chi connectivity index (χ0n) is 16.2. The second kappa shape index (κ2) is 8.65. The molecule has 0 spiro atoms. The number of thiazole rings is 1. The molecule has 1 aliphatic heterocycles. The molecular weight excluding hydrogens is 358 g/mol. The molecule has 1 unspecified atom stereocenters. The number of aryl methyl sites for hydroxylation is 1. The molecule has 2 aromatic rings. The third-order valence-electron chi connectivity index (χ3n) is 4.86. The number of nitrogens with zero attached hydrogens (tertiary/aromatic N) is 2. The molecule has 2 amide bonds. The Kier molecular flexibility index (Phi) is 6.26. The first-order valence-electron chi connectivity index (χ1n) is 9.52.